The van der Waals surface area contributed by atoms with Crippen LogP contribution in [-0.4, -0.2) is 25.9 Å². The lowest BCUT2D eigenvalue weighted by atomic mass is 9.33. The predicted molar refractivity (Wildman–Crippen MR) is 333 cm³/mol. The predicted octanol–water partition coefficient (Wildman–Crippen LogP) is 17.0. The average molecular weight is 1020 g/mol. The maximum Gasteiger partial charge on any atom is 0.252 e. The van der Waals surface area contributed by atoms with Gasteiger partial charge in [-0.3, -0.25) is 0 Å². The number of hydrogen-bond acceptors (Lipinski definition) is 3. The van der Waals surface area contributed by atoms with Gasteiger partial charge in [0, 0.05) is 50.5 Å². The summed E-state index contributed by atoms with van der Waals surface area (Å²) in [5.41, 5.74) is 23.5. The molecule has 4 heterocycles. The molecule has 3 nitrogen and oxygen atoms in total. The van der Waals surface area contributed by atoms with E-state index in [4.69, 9.17) is 0 Å². The number of benzene rings is 7. The summed E-state index contributed by atoms with van der Waals surface area (Å²) in [6, 6.07) is 49.8. The maximum absolute atomic E-state index is 2.99. The zero-order valence-corrected chi connectivity index (χ0v) is 50.1. The van der Waals surface area contributed by atoms with Gasteiger partial charge in [-0.1, -0.05) is 206 Å². The van der Waals surface area contributed by atoms with Crippen LogP contribution < -0.4 is 36.3 Å². The van der Waals surface area contributed by atoms with E-state index in [2.05, 4.69) is 246 Å². The Kier molecular flexibility index (Phi) is 10.6. The lowest BCUT2D eigenvalue weighted by molar-refractivity contribution is 0.194. The van der Waals surface area contributed by atoms with Gasteiger partial charge in [0.25, 0.3) is 6.71 Å². The van der Waals surface area contributed by atoms with E-state index in [9.17, 15) is 0 Å². The van der Waals surface area contributed by atoms with Crippen LogP contribution in [0.4, 0.5) is 39.8 Å². The molecule has 7 aromatic carbocycles. The van der Waals surface area contributed by atoms with Crippen LogP contribution in [0.25, 0.3) is 21.9 Å². The molecule has 0 saturated heterocycles. The van der Waals surface area contributed by atoms with Gasteiger partial charge in [-0.15, -0.1) is 0 Å². The molecule has 0 amide bonds. The van der Waals surface area contributed by atoms with Crippen molar-refractivity contribution in [3.63, 3.8) is 0 Å². The van der Waals surface area contributed by atoms with E-state index < -0.39 is 8.07 Å². The molecule has 0 spiro atoms. The van der Waals surface area contributed by atoms with Crippen molar-refractivity contribution in [3.8, 4) is 11.1 Å². The summed E-state index contributed by atoms with van der Waals surface area (Å²) >= 11 is 0. The largest absolute Gasteiger partial charge is 0.335 e. The molecule has 4 atom stereocenters. The van der Waals surface area contributed by atoms with Crippen LogP contribution in [0.15, 0.2) is 121 Å². The lowest BCUT2D eigenvalue weighted by Crippen LogP contribution is -2.65. The van der Waals surface area contributed by atoms with E-state index in [-0.39, 0.29) is 44.9 Å². The first kappa shape index (κ1) is 50.0. The van der Waals surface area contributed by atoms with Crippen LogP contribution >= 0.6 is 0 Å². The fraction of sp³-hybridized carbons (Fsp3) is 0.437. The first-order valence-corrected chi connectivity index (χ1v) is 32.9. The fourth-order valence-electron chi connectivity index (χ4n) is 16.0. The molecular formula is C71H84BN3Si. The lowest BCUT2D eigenvalue weighted by Gasteiger charge is -2.54. The van der Waals surface area contributed by atoms with Crippen molar-refractivity contribution in [3.05, 3.63) is 149 Å². The molecule has 0 aromatic heterocycles. The number of nitrogens with zero attached hydrogens (tertiary/aromatic N) is 3. The highest BCUT2D eigenvalue weighted by atomic mass is 28.3. The van der Waals surface area contributed by atoms with Gasteiger partial charge in [0.2, 0.25) is 0 Å². The summed E-state index contributed by atoms with van der Waals surface area (Å²) in [5.74, 6) is 0. The van der Waals surface area contributed by atoms with E-state index in [1.54, 1.807) is 16.3 Å². The third-order valence-corrected chi connectivity index (χ3v) is 23.2. The Morgan fingerprint density at radius 1 is 0.461 bits per heavy atom. The summed E-state index contributed by atoms with van der Waals surface area (Å²) in [6.45, 7) is 39.9. The molecule has 2 saturated carbocycles. The molecule has 6 aliphatic rings. The Hall–Kier alpha value is -5.52. The van der Waals surface area contributed by atoms with Crippen molar-refractivity contribution in [2.24, 2.45) is 0 Å². The van der Waals surface area contributed by atoms with Gasteiger partial charge in [-0.2, -0.15) is 0 Å². The number of rotatable bonds is 4. The Morgan fingerprint density at radius 2 is 1.03 bits per heavy atom. The molecule has 13 rings (SSSR count). The summed E-state index contributed by atoms with van der Waals surface area (Å²) < 4.78 is 0. The van der Waals surface area contributed by atoms with Crippen molar-refractivity contribution < 1.29 is 0 Å². The van der Waals surface area contributed by atoms with Crippen LogP contribution in [0.2, 0.25) is 19.6 Å². The molecule has 7 aromatic rings. The Bertz CT molecular complexity index is 3600. The van der Waals surface area contributed by atoms with Gasteiger partial charge < -0.3 is 14.7 Å². The van der Waals surface area contributed by atoms with Gasteiger partial charge in [-0.25, -0.2) is 0 Å². The zero-order valence-electron chi connectivity index (χ0n) is 49.1. The highest BCUT2D eigenvalue weighted by Crippen LogP contribution is 2.65. The minimum absolute atomic E-state index is 0.0122. The van der Waals surface area contributed by atoms with Gasteiger partial charge in [0.05, 0.1) is 24.8 Å². The van der Waals surface area contributed by atoms with E-state index in [1.807, 2.05) is 0 Å². The normalized spacial score (nSPS) is 24.5. The summed E-state index contributed by atoms with van der Waals surface area (Å²) in [6.07, 6.45) is 9.79. The minimum atomic E-state index is -1.61. The topological polar surface area (TPSA) is 9.72 Å². The molecule has 76 heavy (non-hydrogen) atoms. The van der Waals surface area contributed by atoms with Gasteiger partial charge in [0.15, 0.2) is 0 Å². The van der Waals surface area contributed by atoms with Crippen molar-refractivity contribution in [2.45, 2.75) is 199 Å². The maximum atomic E-state index is 2.99. The van der Waals surface area contributed by atoms with Crippen molar-refractivity contribution in [2.75, 3.05) is 14.7 Å². The second kappa shape index (κ2) is 16.1. The van der Waals surface area contributed by atoms with Crippen LogP contribution in [0.5, 0.6) is 0 Å². The molecule has 4 aliphatic heterocycles. The number of anilines is 7. The molecule has 0 N–H and O–H groups in total. The zero-order chi connectivity index (χ0) is 53.7. The van der Waals surface area contributed by atoms with Crippen LogP contribution in [0.3, 0.4) is 0 Å². The molecule has 2 fully saturated rings. The number of fused-ring (bicyclic) bond motifs is 11. The van der Waals surface area contributed by atoms with Crippen molar-refractivity contribution in [1.29, 1.82) is 0 Å². The highest BCUT2D eigenvalue weighted by Gasteiger charge is 2.63. The van der Waals surface area contributed by atoms with Gasteiger partial charge in [-0.05, 0) is 159 Å². The quantitative estimate of drug-likeness (QED) is 0.163. The second-order valence-electron chi connectivity index (χ2n) is 29.7. The van der Waals surface area contributed by atoms with Crippen LogP contribution in [0, 0.1) is 0 Å². The molecule has 0 radical (unpaired) electrons. The van der Waals surface area contributed by atoms with E-state index in [0.29, 0.717) is 0 Å². The van der Waals surface area contributed by atoms with Crippen molar-refractivity contribution >= 4 is 86.9 Å². The minimum Gasteiger partial charge on any atom is -0.335 e. The summed E-state index contributed by atoms with van der Waals surface area (Å²) in [4.78, 5) is 8.66. The van der Waals surface area contributed by atoms with E-state index in [0.717, 1.165) is 0 Å². The standard InChI is InChI=1S/C71H84BN3Si/c1-65(2,3)48-27-30-58(53(38-48)47-26-25-45-23-17-18-24-46(45)37-47)73-60-31-28-49(66(4,5)6)40-56(60)72-57-41-50(67(7,8)9)39-55-64(57)75(71(13)36-22-20-34-69(55,71)11)62-43-51(42-61(73)63(62)72)74-59-32-29-52(76(14,15)16)44-54(59)68(10)33-19-21-35-70(68,74)12/h17-18,23-32,37-44H,19-22,33-36H2,1-16H3. The number of hydrogen-bond donors (Lipinski definition) is 0. The first-order valence-electron chi connectivity index (χ1n) is 29.4. The molecule has 390 valence electrons. The van der Waals surface area contributed by atoms with E-state index in [1.165, 1.54) is 146 Å². The molecule has 5 heteroatoms. The SMILES string of the molecule is CC(C)(C)c1ccc2c(c1)B1c3cc(C(C)(C)C)cc4c3N(c3cc(N5c6ccc([Si](C)(C)C)cc6C6(C)CCCCC56C)cc(c31)N2c1ccc(C(C)(C)C)cc1-c1ccc2ccccc2c1)C1(C)CCCCC41C. The Balaban J connectivity index is 1.19. The Labute approximate surface area is 458 Å². The summed E-state index contributed by atoms with van der Waals surface area (Å²) in [7, 11) is -1.61. The monoisotopic (exact) mass is 1020 g/mol. The van der Waals surface area contributed by atoms with Crippen molar-refractivity contribution in [1.82, 2.24) is 0 Å². The van der Waals surface area contributed by atoms with Crippen LogP contribution in [-0.2, 0) is 27.1 Å². The molecular weight excluding hydrogens is 934 g/mol. The molecule has 4 unspecified atom stereocenters. The third kappa shape index (κ3) is 6.84. The first-order chi connectivity index (χ1) is 35.7. The van der Waals surface area contributed by atoms with Crippen LogP contribution in [0.1, 0.15) is 169 Å². The van der Waals surface area contributed by atoms with Gasteiger partial charge in [0.1, 0.15) is 0 Å². The average Bonchev–Trinajstić information content (AvgIpc) is 3.87. The Morgan fingerprint density at radius 3 is 1.68 bits per heavy atom. The fourth-order valence-corrected chi connectivity index (χ4v) is 17.2. The molecule has 0 bridgehead atoms. The smallest absolute Gasteiger partial charge is 0.252 e. The third-order valence-electron chi connectivity index (χ3n) is 21.1. The summed E-state index contributed by atoms with van der Waals surface area (Å²) in [5, 5.41) is 4.12. The second-order valence-corrected chi connectivity index (χ2v) is 34.8. The van der Waals surface area contributed by atoms with E-state index >= 15 is 0 Å². The van der Waals surface area contributed by atoms with Gasteiger partial charge >= 0.3 is 0 Å². The molecule has 2 aliphatic carbocycles. The highest BCUT2D eigenvalue weighted by molar-refractivity contribution is 7.00.